The first-order chi connectivity index (χ1) is 8.69. The number of hydrogen-bond acceptors (Lipinski definition) is 3. The predicted molar refractivity (Wildman–Crippen MR) is 71.7 cm³/mol. The zero-order valence-electron chi connectivity index (χ0n) is 10.3. The van der Waals surface area contributed by atoms with E-state index in [0.717, 1.165) is 17.1 Å². The van der Waals surface area contributed by atoms with E-state index in [1.807, 2.05) is 55.5 Å². The van der Waals surface area contributed by atoms with Gasteiger partial charge in [-0.1, -0.05) is 29.8 Å². The molecular weight excluding hydrogens is 226 g/mol. The molecule has 0 fully saturated rings. The Morgan fingerprint density at radius 2 is 1.50 bits per heavy atom. The van der Waals surface area contributed by atoms with Gasteiger partial charge in [0.2, 0.25) is 0 Å². The van der Waals surface area contributed by atoms with Crippen LogP contribution in [0.4, 0.5) is 0 Å². The lowest BCUT2D eigenvalue weighted by Crippen LogP contribution is -2.11. The summed E-state index contributed by atoms with van der Waals surface area (Å²) >= 11 is 0. The molecule has 2 aromatic rings. The molecule has 3 nitrogen and oxygen atoms in total. The van der Waals surface area contributed by atoms with Crippen LogP contribution in [0.3, 0.4) is 0 Å². The SMILES string of the molecule is Cc1ccc(Oc2ccc(C(O)CN)cc2)cc1. The van der Waals surface area contributed by atoms with Crippen molar-refractivity contribution < 1.29 is 9.84 Å². The van der Waals surface area contributed by atoms with Gasteiger partial charge in [-0.25, -0.2) is 0 Å². The second kappa shape index (κ2) is 5.67. The summed E-state index contributed by atoms with van der Waals surface area (Å²) in [5.74, 6) is 1.54. The van der Waals surface area contributed by atoms with Gasteiger partial charge >= 0.3 is 0 Å². The number of benzene rings is 2. The quantitative estimate of drug-likeness (QED) is 0.868. The first-order valence-corrected chi connectivity index (χ1v) is 5.91. The van der Waals surface area contributed by atoms with Crippen molar-refractivity contribution in [2.45, 2.75) is 13.0 Å². The molecule has 1 unspecified atom stereocenters. The number of nitrogens with two attached hydrogens (primary N) is 1. The highest BCUT2D eigenvalue weighted by molar-refractivity contribution is 5.34. The smallest absolute Gasteiger partial charge is 0.127 e. The Balaban J connectivity index is 2.08. The van der Waals surface area contributed by atoms with Crippen LogP contribution in [0.5, 0.6) is 11.5 Å². The summed E-state index contributed by atoms with van der Waals surface area (Å²) in [5, 5.41) is 9.57. The third kappa shape index (κ3) is 3.09. The number of rotatable bonds is 4. The Labute approximate surface area is 107 Å². The number of aryl methyl sites for hydroxylation is 1. The molecule has 1 atom stereocenters. The molecule has 0 aromatic heterocycles. The normalized spacial score (nSPS) is 12.2. The first-order valence-electron chi connectivity index (χ1n) is 5.91. The number of ether oxygens (including phenoxy) is 1. The van der Waals surface area contributed by atoms with Crippen molar-refractivity contribution in [3.63, 3.8) is 0 Å². The van der Waals surface area contributed by atoms with Crippen LogP contribution in [0.15, 0.2) is 48.5 Å². The molecule has 0 bridgehead atoms. The van der Waals surface area contributed by atoms with Crippen molar-refractivity contribution in [3.05, 3.63) is 59.7 Å². The Morgan fingerprint density at radius 1 is 1.00 bits per heavy atom. The molecule has 0 saturated carbocycles. The third-order valence-corrected chi connectivity index (χ3v) is 2.74. The van der Waals surface area contributed by atoms with E-state index >= 15 is 0 Å². The number of hydrogen-bond donors (Lipinski definition) is 2. The van der Waals surface area contributed by atoms with Gasteiger partial charge in [0.25, 0.3) is 0 Å². The second-order valence-corrected chi connectivity index (χ2v) is 4.24. The maximum Gasteiger partial charge on any atom is 0.127 e. The van der Waals surface area contributed by atoms with Crippen LogP contribution in [-0.4, -0.2) is 11.7 Å². The van der Waals surface area contributed by atoms with E-state index < -0.39 is 6.10 Å². The lowest BCUT2D eigenvalue weighted by atomic mass is 10.1. The van der Waals surface area contributed by atoms with Gasteiger partial charge in [-0.2, -0.15) is 0 Å². The fraction of sp³-hybridized carbons (Fsp3) is 0.200. The summed E-state index contributed by atoms with van der Waals surface area (Å²) < 4.78 is 5.69. The molecule has 0 radical (unpaired) electrons. The summed E-state index contributed by atoms with van der Waals surface area (Å²) in [6, 6.07) is 15.2. The molecule has 0 aliphatic carbocycles. The van der Waals surface area contributed by atoms with Gasteiger partial charge in [0.15, 0.2) is 0 Å². The highest BCUT2D eigenvalue weighted by Gasteiger charge is 2.04. The topological polar surface area (TPSA) is 55.5 Å². The highest BCUT2D eigenvalue weighted by atomic mass is 16.5. The Kier molecular flexibility index (Phi) is 3.97. The van der Waals surface area contributed by atoms with E-state index in [1.165, 1.54) is 5.56 Å². The van der Waals surface area contributed by atoms with Crippen molar-refractivity contribution in [1.29, 1.82) is 0 Å². The fourth-order valence-electron chi connectivity index (χ4n) is 1.64. The van der Waals surface area contributed by atoms with Gasteiger partial charge in [-0.15, -0.1) is 0 Å². The van der Waals surface area contributed by atoms with Gasteiger partial charge in [0, 0.05) is 6.54 Å². The van der Waals surface area contributed by atoms with E-state index in [2.05, 4.69) is 0 Å². The van der Waals surface area contributed by atoms with Crippen LogP contribution >= 0.6 is 0 Å². The molecule has 94 valence electrons. The molecule has 0 spiro atoms. The van der Waals surface area contributed by atoms with Crippen molar-refractivity contribution in [2.75, 3.05) is 6.54 Å². The van der Waals surface area contributed by atoms with Crippen LogP contribution in [-0.2, 0) is 0 Å². The maximum absolute atomic E-state index is 9.57. The highest BCUT2D eigenvalue weighted by Crippen LogP contribution is 2.23. The van der Waals surface area contributed by atoms with Crippen molar-refractivity contribution >= 4 is 0 Å². The minimum Gasteiger partial charge on any atom is -0.457 e. The molecule has 0 aliphatic heterocycles. The van der Waals surface area contributed by atoms with Crippen LogP contribution in [0, 0.1) is 6.92 Å². The lowest BCUT2D eigenvalue weighted by Gasteiger charge is -2.10. The van der Waals surface area contributed by atoms with E-state index in [1.54, 1.807) is 0 Å². The zero-order valence-corrected chi connectivity index (χ0v) is 10.3. The largest absolute Gasteiger partial charge is 0.457 e. The van der Waals surface area contributed by atoms with Crippen LogP contribution in [0.2, 0.25) is 0 Å². The fourth-order valence-corrected chi connectivity index (χ4v) is 1.64. The second-order valence-electron chi connectivity index (χ2n) is 4.24. The van der Waals surface area contributed by atoms with E-state index in [9.17, 15) is 5.11 Å². The minimum atomic E-state index is -0.613. The van der Waals surface area contributed by atoms with Gasteiger partial charge in [-0.3, -0.25) is 0 Å². The molecule has 3 heteroatoms. The Hall–Kier alpha value is -1.84. The summed E-state index contributed by atoms with van der Waals surface area (Å²) in [4.78, 5) is 0. The van der Waals surface area contributed by atoms with E-state index in [0.29, 0.717) is 0 Å². The van der Waals surface area contributed by atoms with Crippen LogP contribution < -0.4 is 10.5 Å². The minimum absolute atomic E-state index is 0.220. The molecule has 2 rings (SSSR count). The summed E-state index contributed by atoms with van der Waals surface area (Å²) in [5.41, 5.74) is 7.40. The molecule has 18 heavy (non-hydrogen) atoms. The standard InChI is InChI=1S/C15H17NO2/c1-11-2-6-13(7-3-11)18-14-8-4-12(5-9-14)15(17)10-16/h2-9,15,17H,10,16H2,1H3. The van der Waals surface area contributed by atoms with Crippen LogP contribution in [0.1, 0.15) is 17.2 Å². The van der Waals surface area contributed by atoms with Crippen molar-refractivity contribution in [2.24, 2.45) is 5.73 Å². The van der Waals surface area contributed by atoms with Gasteiger partial charge < -0.3 is 15.6 Å². The summed E-state index contributed by atoms with van der Waals surface area (Å²) in [7, 11) is 0. The van der Waals surface area contributed by atoms with Gasteiger partial charge in [0.1, 0.15) is 11.5 Å². The maximum atomic E-state index is 9.57. The molecule has 2 aromatic carbocycles. The van der Waals surface area contributed by atoms with Gasteiger partial charge in [0.05, 0.1) is 6.10 Å². The molecule has 0 amide bonds. The molecule has 0 heterocycles. The Morgan fingerprint density at radius 3 is 2.00 bits per heavy atom. The molecular formula is C15H17NO2. The summed E-state index contributed by atoms with van der Waals surface area (Å²) in [6.07, 6.45) is -0.613. The van der Waals surface area contributed by atoms with Crippen molar-refractivity contribution in [1.82, 2.24) is 0 Å². The summed E-state index contributed by atoms with van der Waals surface area (Å²) in [6.45, 7) is 2.25. The third-order valence-electron chi connectivity index (χ3n) is 2.74. The van der Waals surface area contributed by atoms with Crippen molar-refractivity contribution in [3.8, 4) is 11.5 Å². The molecule has 3 N–H and O–H groups in total. The number of aliphatic hydroxyl groups excluding tert-OH is 1. The molecule has 0 saturated heterocycles. The average Bonchev–Trinajstić information content (AvgIpc) is 2.41. The monoisotopic (exact) mass is 243 g/mol. The Bertz CT molecular complexity index is 491. The molecule has 0 aliphatic rings. The predicted octanol–water partition coefficient (Wildman–Crippen LogP) is 2.78. The average molecular weight is 243 g/mol. The zero-order chi connectivity index (χ0) is 13.0. The first kappa shape index (κ1) is 12.6. The van der Waals surface area contributed by atoms with Crippen LogP contribution in [0.25, 0.3) is 0 Å². The lowest BCUT2D eigenvalue weighted by molar-refractivity contribution is 0.186. The van der Waals surface area contributed by atoms with Gasteiger partial charge in [-0.05, 0) is 36.8 Å². The number of aliphatic hydroxyl groups is 1. The van der Waals surface area contributed by atoms with E-state index in [4.69, 9.17) is 10.5 Å². The van der Waals surface area contributed by atoms with E-state index in [-0.39, 0.29) is 6.54 Å².